The molecule has 0 aromatic heterocycles. The standard InChI is InChI=1S/C45H51N3O3/c1-28(2)22-34-25-49-43(46-34)40-37(31-16-10-7-11-17-31)41(44-47-35(26-50-44)23-29(3)4)39(33-20-14-9-15-21-33)42(38(40)32-18-12-8-13-19-32)45-48-36(27-51-45)24-30(5)6/h7-21,28-30,34-36H,22-27H2,1-6H3/t34-,35-,36-/m0/s1. The molecular weight excluding hydrogens is 631 g/mol. The molecule has 51 heavy (non-hydrogen) atoms. The lowest BCUT2D eigenvalue weighted by molar-refractivity contribution is 0.300. The third-order valence-electron chi connectivity index (χ3n) is 9.70. The molecule has 0 bridgehead atoms. The Labute approximate surface area is 303 Å². The molecule has 0 fully saturated rings. The zero-order valence-corrected chi connectivity index (χ0v) is 30.9. The predicted molar refractivity (Wildman–Crippen MR) is 210 cm³/mol. The number of benzene rings is 4. The topological polar surface area (TPSA) is 64.8 Å². The van der Waals surface area contributed by atoms with E-state index in [4.69, 9.17) is 29.2 Å². The molecular formula is C45H51N3O3. The normalized spacial score (nSPS) is 19.9. The van der Waals surface area contributed by atoms with Crippen molar-refractivity contribution in [2.45, 2.75) is 78.9 Å². The van der Waals surface area contributed by atoms with Gasteiger partial charge in [-0.3, -0.25) is 0 Å². The van der Waals surface area contributed by atoms with Crippen molar-refractivity contribution >= 4 is 17.7 Å². The van der Waals surface area contributed by atoms with Crippen LogP contribution in [0.2, 0.25) is 0 Å². The van der Waals surface area contributed by atoms with E-state index in [2.05, 4.69) is 133 Å². The van der Waals surface area contributed by atoms with Gasteiger partial charge in [0.15, 0.2) is 0 Å². The Morgan fingerprint density at radius 3 is 0.902 bits per heavy atom. The first-order chi connectivity index (χ1) is 24.8. The zero-order chi connectivity index (χ0) is 35.5. The molecule has 3 aliphatic heterocycles. The van der Waals surface area contributed by atoms with Gasteiger partial charge in [0, 0.05) is 16.7 Å². The van der Waals surface area contributed by atoms with Gasteiger partial charge in [-0.05, 0) is 53.7 Å². The minimum Gasteiger partial charge on any atom is -0.475 e. The molecule has 7 rings (SSSR count). The van der Waals surface area contributed by atoms with Gasteiger partial charge in [0.05, 0.1) is 34.8 Å². The van der Waals surface area contributed by atoms with Crippen molar-refractivity contribution < 1.29 is 14.2 Å². The second kappa shape index (κ2) is 15.3. The Balaban J connectivity index is 1.66. The Morgan fingerprint density at radius 2 is 0.667 bits per heavy atom. The Kier molecular flexibility index (Phi) is 10.4. The van der Waals surface area contributed by atoms with Crippen LogP contribution in [0.3, 0.4) is 0 Å². The van der Waals surface area contributed by atoms with E-state index < -0.39 is 0 Å². The van der Waals surface area contributed by atoms with Crippen LogP contribution in [-0.4, -0.2) is 55.6 Å². The summed E-state index contributed by atoms with van der Waals surface area (Å²) in [6, 6.07) is 32.0. The van der Waals surface area contributed by atoms with E-state index in [-0.39, 0.29) is 18.1 Å². The Bertz CT molecular complexity index is 1670. The molecule has 3 aliphatic rings. The van der Waals surface area contributed by atoms with Gasteiger partial charge in [-0.15, -0.1) is 0 Å². The van der Waals surface area contributed by atoms with Crippen molar-refractivity contribution in [1.29, 1.82) is 0 Å². The number of aliphatic imine (C=N–C) groups is 3. The lowest BCUT2D eigenvalue weighted by Crippen LogP contribution is -2.19. The second-order valence-electron chi connectivity index (χ2n) is 15.4. The first-order valence-electron chi connectivity index (χ1n) is 18.8. The minimum absolute atomic E-state index is 0.0685. The first kappa shape index (κ1) is 34.7. The molecule has 0 radical (unpaired) electrons. The van der Waals surface area contributed by atoms with E-state index in [1.165, 1.54) is 0 Å². The SMILES string of the molecule is CC(C)C[C@H]1COC(c2c(-c3ccccc3)c(C3=N[C@@H](CC(C)C)CO3)c(-c3ccccc3)c(C3=N[C@@H](CC(C)C)CO3)c2-c2ccccc2)=N1. The maximum absolute atomic E-state index is 6.69. The average molecular weight is 682 g/mol. The largest absolute Gasteiger partial charge is 0.475 e. The van der Waals surface area contributed by atoms with Gasteiger partial charge in [-0.1, -0.05) is 133 Å². The van der Waals surface area contributed by atoms with Crippen molar-refractivity contribution in [3.05, 3.63) is 108 Å². The number of hydrogen-bond donors (Lipinski definition) is 0. The van der Waals surface area contributed by atoms with Gasteiger partial charge in [0.1, 0.15) is 19.8 Å². The van der Waals surface area contributed by atoms with E-state index in [9.17, 15) is 0 Å². The molecule has 0 unspecified atom stereocenters. The van der Waals surface area contributed by atoms with Crippen molar-refractivity contribution in [2.75, 3.05) is 19.8 Å². The third-order valence-corrected chi connectivity index (χ3v) is 9.70. The highest BCUT2D eigenvalue weighted by molar-refractivity contribution is 6.23. The highest BCUT2D eigenvalue weighted by Gasteiger charge is 2.38. The summed E-state index contributed by atoms with van der Waals surface area (Å²) in [4.78, 5) is 16.1. The summed E-state index contributed by atoms with van der Waals surface area (Å²) < 4.78 is 20.1. The van der Waals surface area contributed by atoms with Crippen LogP contribution in [-0.2, 0) is 14.2 Å². The number of hydrogen-bond acceptors (Lipinski definition) is 6. The van der Waals surface area contributed by atoms with E-state index in [1.807, 2.05) is 0 Å². The molecule has 6 heteroatoms. The van der Waals surface area contributed by atoms with Crippen molar-refractivity contribution in [1.82, 2.24) is 0 Å². The average Bonchev–Trinajstić information content (AvgIpc) is 3.89. The summed E-state index contributed by atoms with van der Waals surface area (Å²) >= 11 is 0. The van der Waals surface area contributed by atoms with Gasteiger partial charge >= 0.3 is 0 Å². The summed E-state index contributed by atoms with van der Waals surface area (Å²) in [5, 5.41) is 0. The molecule has 6 nitrogen and oxygen atoms in total. The second-order valence-corrected chi connectivity index (χ2v) is 15.4. The van der Waals surface area contributed by atoms with E-state index in [1.54, 1.807) is 0 Å². The van der Waals surface area contributed by atoms with Gasteiger partial charge in [-0.2, -0.15) is 0 Å². The minimum atomic E-state index is 0.0685. The lowest BCUT2D eigenvalue weighted by Gasteiger charge is -2.26. The van der Waals surface area contributed by atoms with E-state index in [0.717, 1.165) is 69.3 Å². The van der Waals surface area contributed by atoms with Crippen LogP contribution in [0.15, 0.2) is 106 Å². The van der Waals surface area contributed by atoms with Gasteiger partial charge in [0.25, 0.3) is 0 Å². The Morgan fingerprint density at radius 1 is 0.412 bits per heavy atom. The molecule has 3 heterocycles. The number of rotatable bonds is 12. The fraction of sp³-hybridized carbons (Fsp3) is 0.400. The summed E-state index contributed by atoms with van der Waals surface area (Å²) in [7, 11) is 0. The van der Waals surface area contributed by atoms with Crippen LogP contribution in [0.1, 0.15) is 77.5 Å². The van der Waals surface area contributed by atoms with Crippen LogP contribution in [0.4, 0.5) is 0 Å². The van der Waals surface area contributed by atoms with Crippen molar-refractivity contribution in [2.24, 2.45) is 32.7 Å². The zero-order valence-electron chi connectivity index (χ0n) is 30.9. The van der Waals surface area contributed by atoms with Crippen LogP contribution < -0.4 is 0 Å². The molecule has 0 saturated heterocycles. The summed E-state index contributed by atoms with van der Waals surface area (Å²) in [5.41, 5.74) is 8.95. The fourth-order valence-corrected chi connectivity index (χ4v) is 7.72. The predicted octanol–water partition coefficient (Wildman–Crippen LogP) is 10.3. The monoisotopic (exact) mass is 681 g/mol. The highest BCUT2D eigenvalue weighted by Crippen LogP contribution is 2.48. The molecule has 0 amide bonds. The number of ether oxygens (including phenoxy) is 3. The van der Waals surface area contributed by atoms with Gasteiger partial charge < -0.3 is 14.2 Å². The highest BCUT2D eigenvalue weighted by atomic mass is 16.5. The van der Waals surface area contributed by atoms with Gasteiger partial charge in [0.2, 0.25) is 17.7 Å². The molecule has 4 aromatic carbocycles. The van der Waals surface area contributed by atoms with E-state index >= 15 is 0 Å². The van der Waals surface area contributed by atoms with Crippen molar-refractivity contribution in [3.8, 4) is 33.4 Å². The number of nitrogens with zero attached hydrogens (tertiary/aromatic N) is 3. The molecule has 264 valence electrons. The smallest absolute Gasteiger partial charge is 0.217 e. The quantitative estimate of drug-likeness (QED) is 0.150. The summed E-state index contributed by atoms with van der Waals surface area (Å²) in [6.07, 6.45) is 2.85. The van der Waals surface area contributed by atoms with Crippen LogP contribution in [0, 0.1) is 17.8 Å². The fourth-order valence-electron chi connectivity index (χ4n) is 7.72. The van der Waals surface area contributed by atoms with Crippen LogP contribution in [0.5, 0.6) is 0 Å². The van der Waals surface area contributed by atoms with Crippen molar-refractivity contribution in [3.63, 3.8) is 0 Å². The first-order valence-corrected chi connectivity index (χ1v) is 18.8. The van der Waals surface area contributed by atoms with Crippen LogP contribution in [0.25, 0.3) is 33.4 Å². The Hall–Kier alpha value is -4.71. The van der Waals surface area contributed by atoms with Gasteiger partial charge in [-0.25, -0.2) is 15.0 Å². The molecule has 4 aromatic rings. The lowest BCUT2D eigenvalue weighted by atomic mass is 9.78. The third kappa shape index (κ3) is 7.51. The molecule has 3 atom stereocenters. The van der Waals surface area contributed by atoms with Crippen LogP contribution >= 0.6 is 0 Å². The molecule has 0 N–H and O–H groups in total. The molecule has 0 saturated carbocycles. The van der Waals surface area contributed by atoms with E-state index in [0.29, 0.717) is 55.3 Å². The molecule has 0 spiro atoms. The summed E-state index contributed by atoms with van der Waals surface area (Å²) in [6.45, 7) is 15.1. The maximum Gasteiger partial charge on any atom is 0.217 e. The maximum atomic E-state index is 6.69. The summed E-state index contributed by atoms with van der Waals surface area (Å²) in [5.74, 6) is 3.43. The molecule has 0 aliphatic carbocycles.